The van der Waals surface area contributed by atoms with Crippen LogP contribution < -0.4 is 20.7 Å². The molecule has 0 aliphatic heterocycles. The summed E-state index contributed by atoms with van der Waals surface area (Å²) in [5, 5.41) is 8.89. The predicted octanol–water partition coefficient (Wildman–Crippen LogP) is 0.962. The van der Waals surface area contributed by atoms with E-state index in [1.165, 1.54) is 7.11 Å². The lowest BCUT2D eigenvalue weighted by Crippen LogP contribution is -2.44. The Kier molecular flexibility index (Phi) is 4.73. The molecule has 0 radical (unpaired) electrons. The van der Waals surface area contributed by atoms with Crippen molar-refractivity contribution in [3.05, 3.63) is 23.8 Å². The molecule has 1 aromatic rings. The summed E-state index contributed by atoms with van der Waals surface area (Å²) in [5.74, 6) is 5.77. The Balaban J connectivity index is 2.83. The molecule has 0 bridgehead atoms. The van der Waals surface area contributed by atoms with E-state index in [2.05, 4.69) is 5.43 Å². The van der Waals surface area contributed by atoms with E-state index in [1.807, 2.05) is 6.07 Å². The van der Waals surface area contributed by atoms with Gasteiger partial charge in [0.2, 0.25) is 5.91 Å². The Morgan fingerprint density at radius 3 is 2.58 bits per heavy atom. The average molecular weight is 263 g/mol. The average Bonchev–Trinajstić information content (AvgIpc) is 2.43. The molecule has 0 saturated heterocycles. The highest BCUT2D eigenvalue weighted by Crippen LogP contribution is 2.24. The second-order valence-corrected chi connectivity index (χ2v) is 4.66. The second kappa shape index (κ2) is 6.07. The number of nitrogens with one attached hydrogen (secondary N) is 1. The monoisotopic (exact) mass is 263 g/mol. The van der Waals surface area contributed by atoms with Crippen molar-refractivity contribution in [2.45, 2.75) is 13.8 Å². The number of methoxy groups -OCH3 is 1. The molecule has 1 rings (SSSR count). The van der Waals surface area contributed by atoms with E-state index in [4.69, 9.17) is 20.6 Å². The van der Waals surface area contributed by atoms with Gasteiger partial charge in [-0.25, -0.2) is 5.84 Å². The lowest BCUT2D eigenvalue weighted by atomic mass is 9.94. The Labute approximate surface area is 112 Å². The van der Waals surface area contributed by atoms with Gasteiger partial charge in [-0.1, -0.05) is 0 Å². The molecule has 0 saturated carbocycles. The number of nitriles is 1. The van der Waals surface area contributed by atoms with Gasteiger partial charge in [0.25, 0.3) is 0 Å². The van der Waals surface area contributed by atoms with Gasteiger partial charge in [-0.15, -0.1) is 0 Å². The summed E-state index contributed by atoms with van der Waals surface area (Å²) in [4.78, 5) is 11.5. The SMILES string of the molecule is COc1cc(C#N)cc(OCC(C)(C)C(=O)NN)c1. The van der Waals surface area contributed by atoms with Gasteiger partial charge < -0.3 is 9.47 Å². The van der Waals surface area contributed by atoms with Gasteiger partial charge in [0.05, 0.1) is 24.2 Å². The molecule has 1 aromatic carbocycles. The van der Waals surface area contributed by atoms with Crippen molar-refractivity contribution in [3.8, 4) is 17.6 Å². The smallest absolute Gasteiger partial charge is 0.242 e. The Morgan fingerprint density at radius 2 is 2.05 bits per heavy atom. The fraction of sp³-hybridized carbons (Fsp3) is 0.385. The number of carbonyl (C=O) groups excluding carboxylic acids is 1. The van der Waals surface area contributed by atoms with Gasteiger partial charge in [-0.05, 0) is 26.0 Å². The van der Waals surface area contributed by atoms with Crippen LogP contribution in [0.3, 0.4) is 0 Å². The Hall–Kier alpha value is -2.26. The minimum absolute atomic E-state index is 0.133. The molecule has 0 aliphatic rings. The minimum atomic E-state index is -0.773. The summed E-state index contributed by atoms with van der Waals surface area (Å²) in [7, 11) is 1.51. The van der Waals surface area contributed by atoms with E-state index in [9.17, 15) is 4.79 Å². The zero-order valence-corrected chi connectivity index (χ0v) is 11.2. The fourth-order valence-electron chi connectivity index (χ4n) is 1.36. The number of hydrazine groups is 1. The number of ether oxygens (including phenoxy) is 2. The zero-order chi connectivity index (χ0) is 14.5. The molecule has 19 heavy (non-hydrogen) atoms. The number of amides is 1. The van der Waals surface area contributed by atoms with Crippen molar-refractivity contribution in [2.24, 2.45) is 11.3 Å². The molecule has 0 aliphatic carbocycles. The zero-order valence-electron chi connectivity index (χ0n) is 11.2. The second-order valence-electron chi connectivity index (χ2n) is 4.66. The summed E-state index contributed by atoms with van der Waals surface area (Å²) in [6, 6.07) is 6.85. The number of nitrogens with two attached hydrogens (primary N) is 1. The van der Waals surface area contributed by atoms with Crippen molar-refractivity contribution in [1.82, 2.24) is 5.43 Å². The van der Waals surface area contributed by atoms with Crippen LogP contribution in [-0.4, -0.2) is 19.6 Å². The highest BCUT2D eigenvalue weighted by Gasteiger charge is 2.28. The van der Waals surface area contributed by atoms with Crippen molar-refractivity contribution >= 4 is 5.91 Å². The van der Waals surface area contributed by atoms with Crippen LogP contribution in [0.2, 0.25) is 0 Å². The first-order valence-electron chi connectivity index (χ1n) is 5.66. The van der Waals surface area contributed by atoms with Crippen LogP contribution in [0.25, 0.3) is 0 Å². The van der Waals surface area contributed by atoms with Gasteiger partial charge in [0, 0.05) is 6.07 Å². The van der Waals surface area contributed by atoms with Crippen molar-refractivity contribution in [1.29, 1.82) is 5.26 Å². The summed E-state index contributed by atoms with van der Waals surface area (Å²) < 4.78 is 10.6. The number of carbonyl (C=O) groups is 1. The number of hydrogen-bond donors (Lipinski definition) is 2. The standard InChI is InChI=1S/C13H17N3O3/c1-13(2,12(17)16-15)8-19-11-5-9(7-14)4-10(6-11)18-3/h4-6H,8,15H2,1-3H3,(H,16,17). The Bertz CT molecular complexity index is 506. The summed E-state index contributed by atoms with van der Waals surface area (Å²) in [5.41, 5.74) is 1.74. The lowest BCUT2D eigenvalue weighted by molar-refractivity contribution is -0.130. The highest BCUT2D eigenvalue weighted by atomic mass is 16.5. The Morgan fingerprint density at radius 1 is 1.42 bits per heavy atom. The molecule has 6 nitrogen and oxygen atoms in total. The maximum absolute atomic E-state index is 11.5. The predicted molar refractivity (Wildman–Crippen MR) is 69.3 cm³/mol. The van der Waals surface area contributed by atoms with Crippen LogP contribution in [0.15, 0.2) is 18.2 Å². The van der Waals surface area contributed by atoms with Crippen LogP contribution >= 0.6 is 0 Å². The topological polar surface area (TPSA) is 97.4 Å². The molecule has 0 aromatic heterocycles. The number of benzene rings is 1. The summed E-state index contributed by atoms with van der Waals surface area (Å²) in [6.45, 7) is 3.55. The quantitative estimate of drug-likeness (QED) is 0.468. The van der Waals surface area contributed by atoms with Crippen LogP contribution in [-0.2, 0) is 4.79 Å². The largest absolute Gasteiger partial charge is 0.497 e. The van der Waals surface area contributed by atoms with Gasteiger partial charge in [-0.2, -0.15) is 5.26 Å². The molecule has 1 amide bonds. The molecule has 6 heteroatoms. The maximum Gasteiger partial charge on any atom is 0.242 e. The molecule has 0 unspecified atom stereocenters. The van der Waals surface area contributed by atoms with E-state index in [1.54, 1.807) is 32.0 Å². The molecule has 0 heterocycles. The first kappa shape index (κ1) is 14.8. The number of hydrogen-bond acceptors (Lipinski definition) is 5. The van der Waals surface area contributed by atoms with E-state index in [0.29, 0.717) is 17.1 Å². The van der Waals surface area contributed by atoms with E-state index < -0.39 is 5.41 Å². The normalized spacial score (nSPS) is 10.5. The minimum Gasteiger partial charge on any atom is -0.497 e. The van der Waals surface area contributed by atoms with E-state index in [-0.39, 0.29) is 12.5 Å². The number of nitrogens with zero attached hydrogens (tertiary/aromatic N) is 1. The first-order chi connectivity index (χ1) is 8.92. The third kappa shape index (κ3) is 3.86. The van der Waals surface area contributed by atoms with Crippen LogP contribution in [0.4, 0.5) is 0 Å². The first-order valence-corrected chi connectivity index (χ1v) is 5.66. The third-order valence-corrected chi connectivity index (χ3v) is 2.59. The van der Waals surface area contributed by atoms with Gasteiger partial charge in [0.1, 0.15) is 18.1 Å². The van der Waals surface area contributed by atoms with Gasteiger partial charge in [-0.3, -0.25) is 10.2 Å². The lowest BCUT2D eigenvalue weighted by Gasteiger charge is -2.22. The fourth-order valence-corrected chi connectivity index (χ4v) is 1.36. The molecule has 102 valence electrons. The molecule has 3 N–H and O–H groups in total. The molecule has 0 fully saturated rings. The van der Waals surface area contributed by atoms with E-state index in [0.717, 1.165) is 0 Å². The highest BCUT2D eigenvalue weighted by molar-refractivity contribution is 5.81. The van der Waals surface area contributed by atoms with Crippen molar-refractivity contribution in [3.63, 3.8) is 0 Å². The van der Waals surface area contributed by atoms with Gasteiger partial charge >= 0.3 is 0 Å². The maximum atomic E-state index is 11.5. The van der Waals surface area contributed by atoms with Crippen molar-refractivity contribution in [2.75, 3.05) is 13.7 Å². The van der Waals surface area contributed by atoms with E-state index >= 15 is 0 Å². The van der Waals surface area contributed by atoms with Crippen molar-refractivity contribution < 1.29 is 14.3 Å². The number of rotatable bonds is 5. The van der Waals surface area contributed by atoms with Gasteiger partial charge in [0.15, 0.2) is 0 Å². The molecule has 0 spiro atoms. The summed E-state index contributed by atoms with van der Waals surface area (Å²) in [6.07, 6.45) is 0. The van der Waals surface area contributed by atoms with Crippen LogP contribution in [0.5, 0.6) is 11.5 Å². The molecule has 0 atom stereocenters. The third-order valence-electron chi connectivity index (χ3n) is 2.59. The molecular weight excluding hydrogens is 246 g/mol. The van der Waals surface area contributed by atoms with Crippen LogP contribution in [0, 0.1) is 16.7 Å². The summed E-state index contributed by atoms with van der Waals surface area (Å²) >= 11 is 0. The van der Waals surface area contributed by atoms with Crippen LogP contribution in [0.1, 0.15) is 19.4 Å². The molecular formula is C13H17N3O3.